The molecule has 3 N–H and O–H groups in total. The molecule has 0 spiro atoms. The molecule has 0 amide bonds. The molecule has 0 fully saturated rings. The molecule has 2 rings (SSSR count). The van der Waals surface area contributed by atoms with Gasteiger partial charge in [0.15, 0.2) is 0 Å². The Labute approximate surface area is 116 Å². The summed E-state index contributed by atoms with van der Waals surface area (Å²) in [5.74, 6) is -1.55. The Balaban J connectivity index is 2.69. The second kappa shape index (κ2) is 4.89. The summed E-state index contributed by atoms with van der Waals surface area (Å²) in [4.78, 5) is 11.4. The Morgan fingerprint density at radius 1 is 1.00 bits per heavy atom. The third kappa shape index (κ3) is 2.20. The summed E-state index contributed by atoms with van der Waals surface area (Å²) in [5, 5.41) is 29.6. The standard InChI is InChI=1S/C16H16O4/c1-16(2,15(19)20)13-12(17)9-8-11(14(13)18)10-6-4-3-5-7-10/h3-9,17-18H,1-2H3,(H,19,20). The van der Waals surface area contributed by atoms with Gasteiger partial charge in [0.2, 0.25) is 0 Å². The van der Waals surface area contributed by atoms with Crippen LogP contribution in [0, 0.1) is 0 Å². The third-order valence-electron chi connectivity index (χ3n) is 3.40. The lowest BCUT2D eigenvalue weighted by molar-refractivity contribution is -0.142. The Morgan fingerprint density at radius 3 is 2.15 bits per heavy atom. The fourth-order valence-electron chi connectivity index (χ4n) is 2.15. The molecule has 104 valence electrons. The first-order valence-electron chi connectivity index (χ1n) is 6.20. The number of phenols is 2. The van der Waals surface area contributed by atoms with Crippen molar-refractivity contribution in [1.82, 2.24) is 0 Å². The summed E-state index contributed by atoms with van der Waals surface area (Å²) >= 11 is 0. The van der Waals surface area contributed by atoms with Gasteiger partial charge in [-0.2, -0.15) is 0 Å². The zero-order valence-electron chi connectivity index (χ0n) is 11.3. The van der Waals surface area contributed by atoms with Gasteiger partial charge in [-0.3, -0.25) is 4.79 Å². The number of hydrogen-bond acceptors (Lipinski definition) is 3. The van der Waals surface area contributed by atoms with E-state index in [1.807, 2.05) is 30.3 Å². The molecule has 0 atom stereocenters. The summed E-state index contributed by atoms with van der Waals surface area (Å²) < 4.78 is 0. The van der Waals surface area contributed by atoms with E-state index in [1.54, 1.807) is 6.07 Å². The van der Waals surface area contributed by atoms with Gasteiger partial charge in [0.1, 0.15) is 11.5 Å². The number of carbonyl (C=O) groups is 1. The highest BCUT2D eigenvalue weighted by atomic mass is 16.4. The van der Waals surface area contributed by atoms with Gasteiger partial charge in [-0.05, 0) is 31.5 Å². The molecule has 0 heterocycles. The van der Waals surface area contributed by atoms with Crippen molar-refractivity contribution in [3.8, 4) is 22.6 Å². The minimum Gasteiger partial charge on any atom is -0.507 e. The smallest absolute Gasteiger partial charge is 0.313 e. The van der Waals surface area contributed by atoms with E-state index in [9.17, 15) is 20.1 Å². The molecule has 0 aliphatic rings. The van der Waals surface area contributed by atoms with Crippen LogP contribution < -0.4 is 0 Å². The summed E-state index contributed by atoms with van der Waals surface area (Å²) in [6.07, 6.45) is 0. The molecule has 4 nitrogen and oxygen atoms in total. The quantitative estimate of drug-likeness (QED) is 0.802. The van der Waals surface area contributed by atoms with Gasteiger partial charge >= 0.3 is 5.97 Å². The third-order valence-corrected chi connectivity index (χ3v) is 3.40. The van der Waals surface area contributed by atoms with Crippen LogP contribution in [-0.2, 0) is 10.2 Å². The van der Waals surface area contributed by atoms with Crippen molar-refractivity contribution in [3.05, 3.63) is 48.0 Å². The van der Waals surface area contributed by atoms with Gasteiger partial charge in [-0.15, -0.1) is 0 Å². The maximum Gasteiger partial charge on any atom is 0.313 e. The van der Waals surface area contributed by atoms with Crippen LogP contribution >= 0.6 is 0 Å². The molecule has 0 unspecified atom stereocenters. The van der Waals surface area contributed by atoms with Gasteiger partial charge in [0, 0.05) is 5.56 Å². The van der Waals surface area contributed by atoms with Crippen molar-refractivity contribution in [3.63, 3.8) is 0 Å². The first-order valence-corrected chi connectivity index (χ1v) is 6.20. The molecule has 4 heteroatoms. The minimum absolute atomic E-state index is 0.0198. The van der Waals surface area contributed by atoms with E-state index in [2.05, 4.69) is 0 Å². The van der Waals surface area contributed by atoms with E-state index >= 15 is 0 Å². The highest BCUT2D eigenvalue weighted by molar-refractivity contribution is 5.85. The van der Waals surface area contributed by atoms with Crippen LogP contribution in [0.4, 0.5) is 0 Å². The maximum atomic E-state index is 11.4. The number of hydrogen-bond donors (Lipinski definition) is 3. The molecular formula is C16H16O4. The summed E-state index contributed by atoms with van der Waals surface area (Å²) in [5.41, 5.74) is -0.120. The van der Waals surface area contributed by atoms with Gasteiger partial charge < -0.3 is 15.3 Å². The average Bonchev–Trinajstić information content (AvgIpc) is 2.39. The van der Waals surface area contributed by atoms with Crippen molar-refractivity contribution in [2.24, 2.45) is 0 Å². The number of carboxylic acids is 1. The van der Waals surface area contributed by atoms with E-state index < -0.39 is 11.4 Å². The number of aromatic hydroxyl groups is 2. The van der Waals surface area contributed by atoms with Crippen LogP contribution in [0.15, 0.2) is 42.5 Å². The second-order valence-electron chi connectivity index (χ2n) is 5.15. The van der Waals surface area contributed by atoms with Crippen molar-refractivity contribution >= 4 is 5.97 Å². The molecule has 0 radical (unpaired) electrons. The first kappa shape index (κ1) is 13.9. The van der Waals surface area contributed by atoms with Crippen LogP contribution in [0.25, 0.3) is 11.1 Å². The number of carboxylic acid groups (broad SMARTS) is 1. The van der Waals surface area contributed by atoms with E-state index in [-0.39, 0.29) is 17.1 Å². The molecule has 2 aromatic rings. The van der Waals surface area contributed by atoms with Crippen molar-refractivity contribution < 1.29 is 20.1 Å². The topological polar surface area (TPSA) is 77.8 Å². The van der Waals surface area contributed by atoms with Crippen LogP contribution in [0.3, 0.4) is 0 Å². The zero-order valence-corrected chi connectivity index (χ0v) is 11.3. The second-order valence-corrected chi connectivity index (χ2v) is 5.15. The predicted molar refractivity (Wildman–Crippen MR) is 75.9 cm³/mol. The number of benzene rings is 2. The minimum atomic E-state index is -1.39. The fourth-order valence-corrected chi connectivity index (χ4v) is 2.15. The molecule has 2 aromatic carbocycles. The van der Waals surface area contributed by atoms with Gasteiger partial charge in [0.25, 0.3) is 0 Å². The predicted octanol–water partition coefficient (Wildman–Crippen LogP) is 3.13. The van der Waals surface area contributed by atoms with E-state index in [0.717, 1.165) is 5.56 Å². The zero-order chi connectivity index (χ0) is 14.9. The highest BCUT2D eigenvalue weighted by Gasteiger charge is 2.35. The monoisotopic (exact) mass is 272 g/mol. The maximum absolute atomic E-state index is 11.4. The average molecular weight is 272 g/mol. The largest absolute Gasteiger partial charge is 0.507 e. The van der Waals surface area contributed by atoms with Crippen molar-refractivity contribution in [2.45, 2.75) is 19.3 Å². The highest BCUT2D eigenvalue weighted by Crippen LogP contribution is 2.43. The van der Waals surface area contributed by atoms with E-state index in [4.69, 9.17) is 0 Å². The van der Waals surface area contributed by atoms with Gasteiger partial charge in [0.05, 0.1) is 11.0 Å². The van der Waals surface area contributed by atoms with E-state index in [1.165, 1.54) is 19.9 Å². The van der Waals surface area contributed by atoms with Gasteiger partial charge in [-0.1, -0.05) is 30.3 Å². The molecular weight excluding hydrogens is 256 g/mol. The number of rotatable bonds is 3. The molecule has 0 saturated heterocycles. The number of phenolic OH excluding ortho intramolecular Hbond substituents is 2. The molecule has 0 aromatic heterocycles. The molecule has 0 saturated carbocycles. The lowest BCUT2D eigenvalue weighted by Crippen LogP contribution is -2.28. The van der Waals surface area contributed by atoms with Crippen LogP contribution in [0.1, 0.15) is 19.4 Å². The summed E-state index contributed by atoms with van der Waals surface area (Å²) in [7, 11) is 0. The summed E-state index contributed by atoms with van der Waals surface area (Å²) in [6, 6.07) is 12.1. The Hall–Kier alpha value is -2.49. The SMILES string of the molecule is CC(C)(C(=O)O)c1c(O)ccc(-c2ccccc2)c1O. The van der Waals surface area contributed by atoms with Crippen LogP contribution in [0.5, 0.6) is 11.5 Å². The fraction of sp³-hybridized carbons (Fsp3) is 0.188. The summed E-state index contributed by atoms with van der Waals surface area (Å²) in [6.45, 7) is 2.89. The van der Waals surface area contributed by atoms with Crippen molar-refractivity contribution in [2.75, 3.05) is 0 Å². The lowest BCUT2D eigenvalue weighted by Gasteiger charge is -2.23. The lowest BCUT2D eigenvalue weighted by atomic mass is 9.81. The van der Waals surface area contributed by atoms with Crippen molar-refractivity contribution in [1.29, 1.82) is 0 Å². The first-order chi connectivity index (χ1) is 9.35. The molecule has 20 heavy (non-hydrogen) atoms. The normalized spacial score (nSPS) is 11.3. The Kier molecular flexibility index (Phi) is 3.40. The van der Waals surface area contributed by atoms with Crippen LogP contribution in [-0.4, -0.2) is 21.3 Å². The Morgan fingerprint density at radius 2 is 1.60 bits per heavy atom. The molecule has 0 aliphatic carbocycles. The van der Waals surface area contributed by atoms with Crippen LogP contribution in [0.2, 0.25) is 0 Å². The Bertz CT molecular complexity index is 645. The van der Waals surface area contributed by atoms with E-state index in [0.29, 0.717) is 5.56 Å². The molecule has 0 aliphatic heterocycles. The van der Waals surface area contributed by atoms with Gasteiger partial charge in [-0.25, -0.2) is 0 Å². The molecule has 0 bridgehead atoms. The number of aliphatic carboxylic acids is 1.